The molecule has 4 heteroatoms. The van der Waals surface area contributed by atoms with Gasteiger partial charge in [0.15, 0.2) is 0 Å². The summed E-state index contributed by atoms with van der Waals surface area (Å²) in [6, 6.07) is 2.15. The zero-order valence-corrected chi connectivity index (χ0v) is 13.1. The van der Waals surface area contributed by atoms with Gasteiger partial charge in [-0.05, 0) is 53.5 Å². The largest absolute Gasteiger partial charge is 0.321 e. The van der Waals surface area contributed by atoms with Gasteiger partial charge in [0.05, 0.1) is 6.54 Å². The number of terminal acetylenes is 1. The zero-order chi connectivity index (χ0) is 13.9. The second kappa shape index (κ2) is 5.99. The third-order valence-electron chi connectivity index (χ3n) is 3.87. The van der Waals surface area contributed by atoms with Gasteiger partial charge in [-0.25, -0.2) is 4.98 Å². The number of hydrogen-bond donors (Lipinski definition) is 0. The van der Waals surface area contributed by atoms with E-state index in [-0.39, 0.29) is 0 Å². The fourth-order valence-electron chi connectivity index (χ4n) is 2.92. The van der Waals surface area contributed by atoms with Crippen molar-refractivity contribution >= 4 is 27.0 Å². The molecule has 0 unspecified atom stereocenters. The Hall–Kier alpha value is -1.31. The van der Waals surface area contributed by atoms with Crippen molar-refractivity contribution in [3.63, 3.8) is 0 Å². The standard InChI is InChI=1S/C16H18BrN3/c1-2-6-20-12-13(11-19-7-4-3-5-8-19)15-9-14(17)10-18-16(15)20/h1,9-10,12H,3-8,11H2. The average Bonchev–Trinajstić information content (AvgIpc) is 2.78. The minimum atomic E-state index is 0.575. The number of hydrogen-bond acceptors (Lipinski definition) is 2. The first-order valence-electron chi connectivity index (χ1n) is 7.07. The summed E-state index contributed by atoms with van der Waals surface area (Å²) >= 11 is 3.51. The molecule has 0 saturated carbocycles. The molecule has 0 N–H and O–H groups in total. The number of pyridine rings is 1. The lowest BCUT2D eigenvalue weighted by atomic mass is 10.1. The molecular weight excluding hydrogens is 314 g/mol. The van der Waals surface area contributed by atoms with Crippen LogP contribution in [0.5, 0.6) is 0 Å². The van der Waals surface area contributed by atoms with Gasteiger partial charge >= 0.3 is 0 Å². The van der Waals surface area contributed by atoms with E-state index in [1.165, 1.54) is 43.3 Å². The number of aromatic nitrogens is 2. The van der Waals surface area contributed by atoms with Gasteiger partial charge in [-0.15, -0.1) is 6.42 Å². The van der Waals surface area contributed by atoms with E-state index >= 15 is 0 Å². The van der Waals surface area contributed by atoms with Crippen molar-refractivity contribution in [3.8, 4) is 12.3 Å². The van der Waals surface area contributed by atoms with E-state index < -0.39 is 0 Å². The van der Waals surface area contributed by atoms with Gasteiger partial charge in [-0.3, -0.25) is 4.90 Å². The van der Waals surface area contributed by atoms with Crippen LogP contribution in [0.1, 0.15) is 24.8 Å². The van der Waals surface area contributed by atoms with Gasteiger partial charge in [-0.2, -0.15) is 0 Å². The number of halogens is 1. The third-order valence-corrected chi connectivity index (χ3v) is 4.30. The molecule has 3 nitrogen and oxygen atoms in total. The Labute approximate surface area is 128 Å². The summed E-state index contributed by atoms with van der Waals surface area (Å²) < 4.78 is 3.09. The first-order chi connectivity index (χ1) is 9.78. The average molecular weight is 332 g/mol. The SMILES string of the molecule is C#CCn1cc(CN2CCCCC2)c2cc(Br)cnc21. The lowest BCUT2D eigenvalue weighted by Crippen LogP contribution is -2.28. The van der Waals surface area contributed by atoms with Crippen LogP contribution in [-0.4, -0.2) is 27.5 Å². The van der Waals surface area contributed by atoms with Crippen LogP contribution in [0, 0.1) is 12.3 Å². The van der Waals surface area contributed by atoms with Gasteiger partial charge in [-0.1, -0.05) is 12.3 Å². The summed E-state index contributed by atoms with van der Waals surface area (Å²) in [6.45, 7) is 3.96. The Balaban J connectivity index is 1.96. The molecule has 0 aliphatic carbocycles. The molecule has 104 valence electrons. The minimum absolute atomic E-state index is 0.575. The van der Waals surface area contributed by atoms with E-state index in [0.717, 1.165) is 16.7 Å². The van der Waals surface area contributed by atoms with Crippen LogP contribution >= 0.6 is 15.9 Å². The zero-order valence-electron chi connectivity index (χ0n) is 11.5. The molecule has 3 rings (SSSR count). The van der Waals surface area contributed by atoms with Crippen molar-refractivity contribution in [1.82, 2.24) is 14.5 Å². The third kappa shape index (κ3) is 2.74. The van der Waals surface area contributed by atoms with Gasteiger partial charge < -0.3 is 4.57 Å². The van der Waals surface area contributed by atoms with Crippen molar-refractivity contribution in [3.05, 3.63) is 28.5 Å². The minimum Gasteiger partial charge on any atom is -0.321 e. The van der Waals surface area contributed by atoms with Crippen molar-refractivity contribution in [1.29, 1.82) is 0 Å². The summed E-state index contributed by atoms with van der Waals surface area (Å²) in [5, 5.41) is 1.21. The smallest absolute Gasteiger partial charge is 0.141 e. The predicted octanol–water partition coefficient (Wildman–Crippen LogP) is 3.42. The van der Waals surface area contributed by atoms with E-state index in [1.807, 2.05) is 6.20 Å². The van der Waals surface area contributed by atoms with Crippen molar-refractivity contribution in [2.24, 2.45) is 0 Å². The lowest BCUT2D eigenvalue weighted by Gasteiger charge is -2.26. The first-order valence-corrected chi connectivity index (χ1v) is 7.86. The highest BCUT2D eigenvalue weighted by Crippen LogP contribution is 2.25. The fraction of sp³-hybridized carbons (Fsp3) is 0.438. The molecule has 0 bridgehead atoms. The summed E-state index contributed by atoms with van der Waals surface area (Å²) in [7, 11) is 0. The maximum absolute atomic E-state index is 5.46. The van der Waals surface area contributed by atoms with Crippen molar-refractivity contribution < 1.29 is 0 Å². The molecule has 20 heavy (non-hydrogen) atoms. The summed E-state index contributed by atoms with van der Waals surface area (Å²) in [5.41, 5.74) is 2.31. The van der Waals surface area contributed by atoms with E-state index in [0.29, 0.717) is 6.54 Å². The maximum atomic E-state index is 5.46. The second-order valence-electron chi connectivity index (χ2n) is 5.35. The highest BCUT2D eigenvalue weighted by molar-refractivity contribution is 9.10. The molecule has 2 aromatic rings. The van der Waals surface area contributed by atoms with Crippen LogP contribution in [0.3, 0.4) is 0 Å². The Kier molecular flexibility index (Phi) is 4.09. The molecule has 1 aliphatic rings. The monoisotopic (exact) mass is 331 g/mol. The Bertz CT molecular complexity index is 648. The molecule has 0 aromatic carbocycles. The van der Waals surface area contributed by atoms with E-state index in [2.05, 4.69) is 48.6 Å². The molecule has 1 saturated heterocycles. The fourth-order valence-corrected chi connectivity index (χ4v) is 3.25. The molecule has 2 aromatic heterocycles. The molecular formula is C16H18BrN3. The van der Waals surface area contributed by atoms with Crippen LogP contribution in [0.4, 0.5) is 0 Å². The molecule has 0 amide bonds. The van der Waals surface area contributed by atoms with Gasteiger partial charge in [0.25, 0.3) is 0 Å². The highest BCUT2D eigenvalue weighted by Gasteiger charge is 2.15. The molecule has 1 fully saturated rings. The first kappa shape index (κ1) is 13.7. The van der Waals surface area contributed by atoms with Gasteiger partial charge in [0.1, 0.15) is 5.65 Å². The molecule has 0 atom stereocenters. The molecule has 3 heterocycles. The molecule has 1 aliphatic heterocycles. The molecule has 0 spiro atoms. The van der Waals surface area contributed by atoms with E-state index in [1.54, 1.807) is 0 Å². The van der Waals surface area contributed by atoms with E-state index in [4.69, 9.17) is 6.42 Å². The predicted molar refractivity (Wildman–Crippen MR) is 85.4 cm³/mol. The number of rotatable bonds is 3. The highest BCUT2D eigenvalue weighted by atomic mass is 79.9. The lowest BCUT2D eigenvalue weighted by molar-refractivity contribution is 0.221. The quantitative estimate of drug-likeness (QED) is 0.803. The van der Waals surface area contributed by atoms with Crippen LogP contribution in [-0.2, 0) is 13.1 Å². The van der Waals surface area contributed by atoms with Crippen molar-refractivity contribution in [2.45, 2.75) is 32.4 Å². The van der Waals surface area contributed by atoms with Gasteiger partial charge in [0, 0.05) is 28.8 Å². The van der Waals surface area contributed by atoms with Crippen LogP contribution in [0.2, 0.25) is 0 Å². The van der Waals surface area contributed by atoms with Gasteiger partial charge in [0.2, 0.25) is 0 Å². The van der Waals surface area contributed by atoms with Crippen LogP contribution < -0.4 is 0 Å². The van der Waals surface area contributed by atoms with Crippen LogP contribution in [0.15, 0.2) is 22.9 Å². The number of piperidine rings is 1. The number of likely N-dealkylation sites (tertiary alicyclic amines) is 1. The number of fused-ring (bicyclic) bond motifs is 1. The second-order valence-corrected chi connectivity index (χ2v) is 6.26. The maximum Gasteiger partial charge on any atom is 0.141 e. The van der Waals surface area contributed by atoms with Crippen LogP contribution in [0.25, 0.3) is 11.0 Å². The Morgan fingerprint density at radius 2 is 2.10 bits per heavy atom. The summed E-state index contributed by atoms with van der Waals surface area (Å²) in [6.07, 6.45) is 13.4. The summed E-state index contributed by atoms with van der Waals surface area (Å²) in [5.74, 6) is 2.71. The Morgan fingerprint density at radius 3 is 2.85 bits per heavy atom. The Morgan fingerprint density at radius 1 is 1.30 bits per heavy atom. The summed E-state index contributed by atoms with van der Waals surface area (Å²) in [4.78, 5) is 7.04. The number of nitrogens with zero attached hydrogens (tertiary/aromatic N) is 3. The normalized spacial score (nSPS) is 16.4. The van der Waals surface area contributed by atoms with Crippen molar-refractivity contribution in [2.75, 3.05) is 13.1 Å². The van der Waals surface area contributed by atoms with E-state index in [9.17, 15) is 0 Å². The topological polar surface area (TPSA) is 21.1 Å². The molecule has 0 radical (unpaired) electrons.